The summed E-state index contributed by atoms with van der Waals surface area (Å²) in [5.74, 6) is 0.538. The highest BCUT2D eigenvalue weighted by Crippen LogP contribution is 2.15. The number of nitrogens with one attached hydrogen (secondary N) is 2. The van der Waals surface area contributed by atoms with Crippen LogP contribution in [0.1, 0.15) is 17.5 Å². The number of rotatable bonds is 7. The molecule has 0 saturated carbocycles. The minimum atomic E-state index is -0.320. The zero-order chi connectivity index (χ0) is 16.5. The summed E-state index contributed by atoms with van der Waals surface area (Å²) in [5, 5.41) is 5.35. The first-order valence-corrected chi connectivity index (χ1v) is 7.60. The second-order valence-electron chi connectivity index (χ2n) is 5.17. The Morgan fingerprint density at radius 3 is 2.61 bits per heavy atom. The van der Waals surface area contributed by atoms with E-state index in [1.807, 2.05) is 31.2 Å². The van der Waals surface area contributed by atoms with Crippen LogP contribution >= 0.6 is 0 Å². The molecule has 4 nitrogen and oxygen atoms in total. The van der Waals surface area contributed by atoms with E-state index in [9.17, 15) is 9.18 Å². The number of urea groups is 1. The number of aryl methyl sites for hydroxylation is 1. The molecular weight excluding hydrogens is 295 g/mol. The molecular formula is C18H21FN2O2. The molecule has 0 radical (unpaired) electrons. The molecule has 2 aromatic rings. The minimum absolute atomic E-state index is 0.165. The smallest absolute Gasteiger partial charge is 0.315 e. The number of hydrogen-bond donors (Lipinski definition) is 2. The minimum Gasteiger partial charge on any atom is -0.493 e. The van der Waals surface area contributed by atoms with E-state index >= 15 is 0 Å². The molecule has 2 amide bonds. The lowest BCUT2D eigenvalue weighted by atomic mass is 10.2. The summed E-state index contributed by atoms with van der Waals surface area (Å²) in [7, 11) is 0. The Bertz CT molecular complexity index is 646. The van der Waals surface area contributed by atoms with Gasteiger partial charge in [0.05, 0.1) is 6.61 Å². The van der Waals surface area contributed by atoms with E-state index in [1.165, 1.54) is 6.07 Å². The molecule has 122 valence electrons. The van der Waals surface area contributed by atoms with Crippen LogP contribution in [0, 0.1) is 12.7 Å². The Morgan fingerprint density at radius 2 is 1.83 bits per heavy atom. The van der Waals surface area contributed by atoms with E-state index in [1.54, 1.807) is 18.2 Å². The largest absolute Gasteiger partial charge is 0.493 e. The zero-order valence-electron chi connectivity index (χ0n) is 13.1. The van der Waals surface area contributed by atoms with Gasteiger partial charge >= 0.3 is 6.03 Å². The summed E-state index contributed by atoms with van der Waals surface area (Å²) in [6, 6.07) is 13.9. The summed E-state index contributed by atoms with van der Waals surface area (Å²) in [5.41, 5.74) is 1.55. The fourth-order valence-electron chi connectivity index (χ4n) is 2.05. The molecule has 0 saturated heterocycles. The van der Waals surface area contributed by atoms with E-state index in [-0.39, 0.29) is 18.4 Å². The van der Waals surface area contributed by atoms with Gasteiger partial charge in [0.1, 0.15) is 11.6 Å². The highest BCUT2D eigenvalue weighted by atomic mass is 19.1. The molecule has 0 aromatic heterocycles. The van der Waals surface area contributed by atoms with E-state index in [4.69, 9.17) is 4.74 Å². The standard InChI is InChI=1S/C18H21FN2O2/c1-14-7-2-5-10-17(14)23-12-6-11-20-18(22)21-13-15-8-3-4-9-16(15)19/h2-5,7-10H,6,11-13H2,1H3,(H2,20,21,22). The van der Waals surface area contributed by atoms with Crippen molar-refractivity contribution in [3.8, 4) is 5.75 Å². The van der Waals surface area contributed by atoms with Gasteiger partial charge in [-0.3, -0.25) is 0 Å². The maximum atomic E-state index is 13.4. The molecule has 2 aromatic carbocycles. The Balaban J connectivity index is 1.60. The van der Waals surface area contributed by atoms with Crippen molar-refractivity contribution in [2.24, 2.45) is 0 Å². The van der Waals surface area contributed by atoms with Crippen LogP contribution in [0.5, 0.6) is 5.75 Å². The second kappa shape index (κ2) is 8.78. The van der Waals surface area contributed by atoms with Gasteiger partial charge in [-0.1, -0.05) is 36.4 Å². The first kappa shape index (κ1) is 16.8. The molecule has 0 aliphatic carbocycles. The lowest BCUT2D eigenvalue weighted by Gasteiger charge is -2.10. The molecule has 2 N–H and O–H groups in total. The third kappa shape index (κ3) is 5.62. The quantitative estimate of drug-likeness (QED) is 0.769. The number of halogens is 1. The molecule has 0 unspecified atom stereocenters. The van der Waals surface area contributed by atoms with Gasteiger partial charge in [0.25, 0.3) is 0 Å². The molecule has 0 bridgehead atoms. The number of carbonyl (C=O) groups is 1. The van der Waals surface area contributed by atoms with Crippen molar-refractivity contribution >= 4 is 6.03 Å². The average Bonchev–Trinajstić information content (AvgIpc) is 2.55. The topological polar surface area (TPSA) is 50.4 Å². The molecule has 0 atom stereocenters. The van der Waals surface area contributed by atoms with Crippen LogP contribution in [-0.2, 0) is 6.54 Å². The van der Waals surface area contributed by atoms with Gasteiger partial charge in [-0.05, 0) is 31.0 Å². The summed E-state index contributed by atoms with van der Waals surface area (Å²) >= 11 is 0. The van der Waals surface area contributed by atoms with Gasteiger partial charge < -0.3 is 15.4 Å². The fraction of sp³-hybridized carbons (Fsp3) is 0.278. The van der Waals surface area contributed by atoms with Crippen molar-refractivity contribution in [3.63, 3.8) is 0 Å². The number of ether oxygens (including phenoxy) is 1. The number of hydrogen-bond acceptors (Lipinski definition) is 2. The van der Waals surface area contributed by atoms with Gasteiger partial charge in [0, 0.05) is 18.7 Å². The summed E-state index contributed by atoms with van der Waals surface area (Å²) in [6.07, 6.45) is 0.696. The van der Waals surface area contributed by atoms with Gasteiger partial charge in [0.15, 0.2) is 0 Å². The summed E-state index contributed by atoms with van der Waals surface area (Å²) in [4.78, 5) is 11.6. The van der Waals surface area contributed by atoms with Crippen molar-refractivity contribution in [2.45, 2.75) is 19.9 Å². The maximum Gasteiger partial charge on any atom is 0.315 e. The molecule has 23 heavy (non-hydrogen) atoms. The lowest BCUT2D eigenvalue weighted by Crippen LogP contribution is -2.36. The molecule has 0 heterocycles. The van der Waals surface area contributed by atoms with Crippen molar-refractivity contribution in [2.75, 3.05) is 13.2 Å². The van der Waals surface area contributed by atoms with Crippen molar-refractivity contribution in [3.05, 3.63) is 65.5 Å². The highest BCUT2D eigenvalue weighted by Gasteiger charge is 2.03. The average molecular weight is 316 g/mol. The number of benzene rings is 2. The number of carbonyl (C=O) groups excluding carboxylic acids is 1. The molecule has 0 aliphatic rings. The van der Waals surface area contributed by atoms with Crippen molar-refractivity contribution in [1.82, 2.24) is 10.6 Å². The van der Waals surface area contributed by atoms with Gasteiger partial charge in [-0.15, -0.1) is 0 Å². The molecule has 2 rings (SSSR count). The van der Waals surface area contributed by atoms with E-state index in [0.717, 1.165) is 11.3 Å². The molecule has 0 aliphatic heterocycles. The Morgan fingerprint density at radius 1 is 1.09 bits per heavy atom. The monoisotopic (exact) mass is 316 g/mol. The van der Waals surface area contributed by atoms with Gasteiger partial charge in [-0.2, -0.15) is 0 Å². The van der Waals surface area contributed by atoms with Crippen LogP contribution in [0.3, 0.4) is 0 Å². The molecule has 0 spiro atoms. The van der Waals surface area contributed by atoms with Gasteiger partial charge in [0.2, 0.25) is 0 Å². The van der Waals surface area contributed by atoms with Crippen LogP contribution in [-0.4, -0.2) is 19.2 Å². The predicted octanol–water partition coefficient (Wildman–Crippen LogP) is 3.40. The van der Waals surface area contributed by atoms with Crippen LogP contribution in [0.25, 0.3) is 0 Å². The van der Waals surface area contributed by atoms with Gasteiger partial charge in [-0.25, -0.2) is 9.18 Å². The molecule has 5 heteroatoms. The second-order valence-corrected chi connectivity index (χ2v) is 5.17. The first-order valence-electron chi connectivity index (χ1n) is 7.60. The number of para-hydroxylation sites is 1. The Kier molecular flexibility index (Phi) is 6.41. The van der Waals surface area contributed by atoms with E-state index in [0.29, 0.717) is 25.1 Å². The third-order valence-electron chi connectivity index (χ3n) is 3.36. The van der Waals surface area contributed by atoms with Crippen molar-refractivity contribution < 1.29 is 13.9 Å². The zero-order valence-corrected chi connectivity index (χ0v) is 13.1. The van der Waals surface area contributed by atoms with E-state index in [2.05, 4.69) is 10.6 Å². The Hall–Kier alpha value is -2.56. The highest BCUT2D eigenvalue weighted by molar-refractivity contribution is 5.73. The normalized spacial score (nSPS) is 10.2. The first-order chi connectivity index (χ1) is 11.2. The SMILES string of the molecule is Cc1ccccc1OCCCNC(=O)NCc1ccccc1F. The van der Waals surface area contributed by atoms with Crippen LogP contribution in [0.2, 0.25) is 0 Å². The molecule has 0 fully saturated rings. The predicted molar refractivity (Wildman–Crippen MR) is 87.9 cm³/mol. The third-order valence-corrected chi connectivity index (χ3v) is 3.36. The van der Waals surface area contributed by atoms with Crippen molar-refractivity contribution in [1.29, 1.82) is 0 Å². The van der Waals surface area contributed by atoms with Crippen LogP contribution in [0.15, 0.2) is 48.5 Å². The summed E-state index contributed by atoms with van der Waals surface area (Å²) < 4.78 is 19.0. The Labute approximate surface area is 135 Å². The van der Waals surface area contributed by atoms with E-state index < -0.39 is 0 Å². The lowest BCUT2D eigenvalue weighted by molar-refractivity contribution is 0.238. The summed E-state index contributed by atoms with van der Waals surface area (Å²) in [6.45, 7) is 3.18. The van der Waals surface area contributed by atoms with Crippen LogP contribution in [0.4, 0.5) is 9.18 Å². The number of amides is 2. The van der Waals surface area contributed by atoms with Crippen LogP contribution < -0.4 is 15.4 Å². The fourth-order valence-corrected chi connectivity index (χ4v) is 2.05. The maximum absolute atomic E-state index is 13.4.